The molecule has 0 radical (unpaired) electrons. The zero-order valence-electron chi connectivity index (χ0n) is 18.8. The van der Waals surface area contributed by atoms with Crippen LogP contribution in [0.2, 0.25) is 0 Å². The highest BCUT2D eigenvalue weighted by Crippen LogP contribution is 2.27. The van der Waals surface area contributed by atoms with Crippen molar-refractivity contribution in [1.29, 1.82) is 0 Å². The smallest absolute Gasteiger partial charge is 0.223 e. The Bertz CT molecular complexity index is 1050. The lowest BCUT2D eigenvalue weighted by Gasteiger charge is -2.31. The monoisotopic (exact) mass is 462 g/mol. The van der Waals surface area contributed by atoms with Crippen molar-refractivity contribution in [2.45, 2.75) is 44.9 Å². The molecule has 0 bridgehead atoms. The molecule has 1 amide bonds. The first-order valence-corrected chi connectivity index (χ1v) is 12.5. The molecule has 32 heavy (non-hydrogen) atoms. The highest BCUT2D eigenvalue weighted by Gasteiger charge is 2.32. The summed E-state index contributed by atoms with van der Waals surface area (Å²) >= 11 is 0. The first-order valence-electron chi connectivity index (χ1n) is 10.9. The summed E-state index contributed by atoms with van der Waals surface area (Å²) in [5.74, 6) is -0.394. The second-order valence-electron chi connectivity index (χ2n) is 8.22. The minimum atomic E-state index is -3.64. The Morgan fingerprint density at radius 2 is 1.91 bits per heavy atom. The van der Waals surface area contributed by atoms with Gasteiger partial charge < -0.3 is 10.1 Å². The maximum atomic E-state index is 13.9. The minimum Gasteiger partial charge on any atom is -0.496 e. The van der Waals surface area contributed by atoms with Crippen molar-refractivity contribution in [2.75, 3.05) is 20.2 Å². The van der Waals surface area contributed by atoms with Crippen molar-refractivity contribution in [3.8, 4) is 5.75 Å². The van der Waals surface area contributed by atoms with Gasteiger partial charge in [-0.05, 0) is 49.4 Å². The lowest BCUT2D eigenvalue weighted by molar-refractivity contribution is -0.126. The highest BCUT2D eigenvalue weighted by molar-refractivity contribution is 7.88. The number of rotatable bonds is 8. The molecule has 1 saturated heterocycles. The van der Waals surface area contributed by atoms with Gasteiger partial charge in [0.2, 0.25) is 15.9 Å². The molecule has 1 fully saturated rings. The number of carbonyl (C=O) groups is 1. The topological polar surface area (TPSA) is 75.7 Å². The van der Waals surface area contributed by atoms with Gasteiger partial charge in [0.1, 0.15) is 11.6 Å². The molecular weight excluding hydrogens is 431 g/mol. The maximum absolute atomic E-state index is 13.9. The molecule has 6 nitrogen and oxygen atoms in total. The van der Waals surface area contributed by atoms with Crippen LogP contribution in [-0.2, 0) is 20.6 Å². The molecule has 0 spiro atoms. The number of benzene rings is 2. The summed E-state index contributed by atoms with van der Waals surface area (Å²) in [5, 5.41) is 3.12. The average molecular weight is 463 g/mol. The molecule has 0 saturated carbocycles. The first-order chi connectivity index (χ1) is 15.2. The number of nitrogens with zero attached hydrogens (tertiary/aromatic N) is 1. The summed E-state index contributed by atoms with van der Waals surface area (Å²) in [6.45, 7) is 4.50. The average Bonchev–Trinajstić information content (AvgIpc) is 2.78. The Kier molecular flexibility index (Phi) is 7.90. The van der Waals surface area contributed by atoms with E-state index in [0.29, 0.717) is 12.8 Å². The van der Waals surface area contributed by atoms with Crippen LogP contribution in [-0.4, -0.2) is 38.8 Å². The van der Waals surface area contributed by atoms with E-state index in [0.717, 1.165) is 23.3 Å². The summed E-state index contributed by atoms with van der Waals surface area (Å²) in [6, 6.07) is 11.7. The third-order valence-corrected chi connectivity index (χ3v) is 7.89. The normalized spacial score (nSPS) is 16.5. The number of hydrogen-bond acceptors (Lipinski definition) is 4. The van der Waals surface area contributed by atoms with Crippen LogP contribution >= 0.6 is 0 Å². The SMILES string of the molecule is CCC(NC(=O)C1CCN(S(=O)(=O)Cc2ccccc2F)CC1)c1ccc(OC)c(C)c1. The largest absolute Gasteiger partial charge is 0.496 e. The van der Waals surface area contributed by atoms with E-state index in [4.69, 9.17) is 4.74 Å². The third kappa shape index (κ3) is 5.66. The summed E-state index contributed by atoms with van der Waals surface area (Å²) < 4.78 is 46.0. The van der Waals surface area contributed by atoms with Crippen molar-refractivity contribution in [2.24, 2.45) is 5.92 Å². The lowest BCUT2D eigenvalue weighted by atomic mass is 9.95. The van der Waals surface area contributed by atoms with Crippen LogP contribution in [0.4, 0.5) is 4.39 Å². The van der Waals surface area contributed by atoms with Crippen molar-refractivity contribution in [1.82, 2.24) is 9.62 Å². The fourth-order valence-electron chi connectivity index (χ4n) is 4.13. The molecule has 1 aliphatic rings. The van der Waals surface area contributed by atoms with Gasteiger partial charge >= 0.3 is 0 Å². The molecule has 0 aromatic heterocycles. The van der Waals surface area contributed by atoms with E-state index in [9.17, 15) is 17.6 Å². The number of hydrogen-bond donors (Lipinski definition) is 1. The van der Waals surface area contributed by atoms with E-state index in [1.807, 2.05) is 32.0 Å². The number of piperidine rings is 1. The third-order valence-electron chi connectivity index (χ3n) is 6.06. The fourth-order valence-corrected chi connectivity index (χ4v) is 5.71. The molecule has 1 N–H and O–H groups in total. The Morgan fingerprint density at radius 3 is 2.50 bits per heavy atom. The molecule has 1 aliphatic heterocycles. The molecule has 174 valence electrons. The second kappa shape index (κ2) is 10.4. The number of aryl methyl sites for hydroxylation is 1. The number of amides is 1. The first kappa shape index (κ1) is 24.2. The highest BCUT2D eigenvalue weighted by atomic mass is 32.2. The predicted molar refractivity (Wildman–Crippen MR) is 122 cm³/mol. The van der Waals surface area contributed by atoms with Gasteiger partial charge in [-0.2, -0.15) is 0 Å². The quantitative estimate of drug-likeness (QED) is 0.645. The van der Waals surface area contributed by atoms with Crippen LogP contribution in [0.5, 0.6) is 5.75 Å². The van der Waals surface area contributed by atoms with E-state index >= 15 is 0 Å². The van der Waals surface area contributed by atoms with Crippen molar-refractivity contribution in [3.05, 3.63) is 65.0 Å². The van der Waals surface area contributed by atoms with Gasteiger partial charge in [-0.1, -0.05) is 37.3 Å². The van der Waals surface area contributed by atoms with Crippen LogP contribution in [0.3, 0.4) is 0 Å². The fraction of sp³-hybridized carbons (Fsp3) is 0.458. The van der Waals surface area contributed by atoms with Crippen molar-refractivity contribution < 1.29 is 22.3 Å². The van der Waals surface area contributed by atoms with E-state index in [-0.39, 0.29) is 42.3 Å². The maximum Gasteiger partial charge on any atom is 0.223 e. The van der Waals surface area contributed by atoms with Gasteiger partial charge in [-0.25, -0.2) is 17.1 Å². The number of carbonyl (C=O) groups excluding carboxylic acids is 1. The number of halogens is 1. The Labute approximate surface area is 189 Å². The molecular formula is C24H31FN2O4S. The summed E-state index contributed by atoms with van der Waals surface area (Å²) in [6.07, 6.45) is 1.63. The Morgan fingerprint density at radius 1 is 1.22 bits per heavy atom. The molecule has 1 atom stereocenters. The minimum absolute atomic E-state index is 0.0588. The number of methoxy groups -OCH3 is 1. The summed E-state index contributed by atoms with van der Waals surface area (Å²) in [5.41, 5.74) is 2.18. The standard InChI is InChI=1S/C24H31FN2O4S/c1-4-22(19-9-10-23(31-3)17(2)15-19)26-24(28)18-11-13-27(14-12-18)32(29,30)16-20-7-5-6-8-21(20)25/h5-10,15,18,22H,4,11-14,16H2,1-3H3,(H,26,28). The van der Waals surface area contributed by atoms with Crippen LogP contribution < -0.4 is 10.1 Å². The van der Waals surface area contributed by atoms with Crippen molar-refractivity contribution in [3.63, 3.8) is 0 Å². The van der Waals surface area contributed by atoms with Gasteiger partial charge in [-0.3, -0.25) is 4.79 Å². The second-order valence-corrected chi connectivity index (χ2v) is 10.2. The van der Waals surface area contributed by atoms with Gasteiger partial charge in [0, 0.05) is 24.6 Å². The molecule has 3 rings (SSSR count). The van der Waals surface area contributed by atoms with Gasteiger partial charge in [0.25, 0.3) is 0 Å². The van der Waals surface area contributed by atoms with Gasteiger partial charge in [0.05, 0.1) is 18.9 Å². The van der Waals surface area contributed by atoms with Gasteiger partial charge in [-0.15, -0.1) is 0 Å². The number of nitrogens with one attached hydrogen (secondary N) is 1. The summed E-state index contributed by atoms with van der Waals surface area (Å²) in [7, 11) is -2.01. The van der Waals surface area contributed by atoms with Crippen LogP contribution in [0.1, 0.15) is 48.9 Å². The zero-order chi connectivity index (χ0) is 23.3. The van der Waals surface area contributed by atoms with E-state index < -0.39 is 15.8 Å². The molecule has 2 aromatic rings. The molecule has 1 unspecified atom stereocenters. The molecule has 0 aliphatic carbocycles. The number of sulfonamides is 1. The Hall–Kier alpha value is -2.45. The van der Waals surface area contributed by atoms with Crippen LogP contribution in [0, 0.1) is 18.7 Å². The van der Waals surface area contributed by atoms with E-state index in [1.54, 1.807) is 13.2 Å². The molecule has 1 heterocycles. The summed E-state index contributed by atoms with van der Waals surface area (Å²) in [4.78, 5) is 12.9. The van der Waals surface area contributed by atoms with E-state index in [2.05, 4.69) is 5.32 Å². The van der Waals surface area contributed by atoms with Crippen LogP contribution in [0.25, 0.3) is 0 Å². The molecule has 2 aromatic carbocycles. The predicted octanol–water partition coefficient (Wildman–Crippen LogP) is 3.95. The van der Waals surface area contributed by atoms with Gasteiger partial charge in [0.15, 0.2) is 0 Å². The van der Waals surface area contributed by atoms with E-state index in [1.165, 1.54) is 22.5 Å². The van der Waals surface area contributed by atoms with Crippen LogP contribution in [0.15, 0.2) is 42.5 Å². The zero-order valence-corrected chi connectivity index (χ0v) is 19.6. The molecule has 8 heteroatoms. The van der Waals surface area contributed by atoms with Crippen molar-refractivity contribution >= 4 is 15.9 Å². The lowest BCUT2D eigenvalue weighted by Crippen LogP contribution is -2.44. The number of ether oxygens (including phenoxy) is 1. The Balaban J connectivity index is 1.58.